The zero-order valence-corrected chi connectivity index (χ0v) is 18.2. The molecule has 2 aromatic heterocycles. The van der Waals surface area contributed by atoms with Crippen LogP contribution in [0.2, 0.25) is 0 Å². The van der Waals surface area contributed by atoms with Crippen LogP contribution in [0.1, 0.15) is 11.3 Å². The molecule has 5 rings (SSSR count). The van der Waals surface area contributed by atoms with Crippen LogP contribution in [-0.4, -0.2) is 31.1 Å². The quantitative estimate of drug-likeness (QED) is 0.278. The molecule has 0 aliphatic heterocycles. The normalized spacial score (nSPS) is 13.4. The van der Waals surface area contributed by atoms with Crippen molar-refractivity contribution in [2.75, 3.05) is 6.67 Å². The maximum Gasteiger partial charge on any atom is 0.270 e. The van der Waals surface area contributed by atoms with Crippen molar-refractivity contribution in [1.29, 1.82) is 0 Å². The molecule has 0 aliphatic rings. The molecule has 5 aromatic rings. The van der Waals surface area contributed by atoms with Gasteiger partial charge in [0.15, 0.2) is 0 Å². The molecule has 3 aromatic carbocycles. The van der Waals surface area contributed by atoms with Crippen LogP contribution in [0.15, 0.2) is 72.9 Å². The van der Waals surface area contributed by atoms with Crippen LogP contribution >= 0.6 is 0 Å². The number of hydrogen-bond donors (Lipinski definition) is 1. The lowest BCUT2D eigenvalue weighted by molar-refractivity contribution is -0.384. The number of halogens is 2. The van der Waals surface area contributed by atoms with E-state index in [-0.39, 0.29) is 18.0 Å². The number of hydrogen-bond acceptors (Lipinski definition) is 4. The molecule has 1 N–H and O–H groups in total. The van der Waals surface area contributed by atoms with Crippen LogP contribution in [0.3, 0.4) is 0 Å². The molecule has 34 heavy (non-hydrogen) atoms. The van der Waals surface area contributed by atoms with Crippen LogP contribution in [0.5, 0.6) is 0 Å². The van der Waals surface area contributed by atoms with Crippen LogP contribution in [0.4, 0.5) is 14.5 Å². The van der Waals surface area contributed by atoms with Gasteiger partial charge >= 0.3 is 0 Å². The average molecular weight is 462 g/mol. The molecule has 7 nitrogen and oxygen atoms in total. The molecule has 9 heteroatoms. The monoisotopic (exact) mass is 462 g/mol. The topological polar surface area (TPSA) is 86.1 Å². The van der Waals surface area contributed by atoms with Crippen LogP contribution in [0, 0.1) is 22.9 Å². The Labute approximate surface area is 192 Å². The molecular formula is C25H20F2N4O3. The Morgan fingerprint density at radius 1 is 1.03 bits per heavy atom. The lowest BCUT2D eigenvalue weighted by Crippen LogP contribution is -2.34. The Morgan fingerprint density at radius 3 is 2.47 bits per heavy atom. The van der Waals surface area contributed by atoms with Gasteiger partial charge in [-0.25, -0.2) is 13.5 Å². The first-order valence-corrected chi connectivity index (χ1v) is 10.6. The van der Waals surface area contributed by atoms with Gasteiger partial charge in [0, 0.05) is 34.1 Å². The number of nitrogens with zero attached hydrogens (tertiary/aromatic N) is 4. The second kappa shape index (κ2) is 8.03. The fourth-order valence-corrected chi connectivity index (χ4v) is 4.30. The van der Waals surface area contributed by atoms with Gasteiger partial charge in [-0.15, -0.1) is 0 Å². The minimum Gasteiger partial charge on any atom is -0.381 e. The average Bonchev–Trinajstić information content (AvgIpc) is 3.39. The Balaban J connectivity index is 1.53. The van der Waals surface area contributed by atoms with Crippen LogP contribution < -0.4 is 0 Å². The molecule has 0 spiro atoms. The number of benzene rings is 3. The van der Waals surface area contributed by atoms with E-state index in [4.69, 9.17) is 0 Å². The molecule has 0 aliphatic carbocycles. The Bertz CT molecular complexity index is 1540. The van der Waals surface area contributed by atoms with E-state index < -0.39 is 17.2 Å². The van der Waals surface area contributed by atoms with Gasteiger partial charge < -0.3 is 9.67 Å². The van der Waals surface area contributed by atoms with Gasteiger partial charge in [0.05, 0.1) is 28.9 Å². The third-order valence-electron chi connectivity index (χ3n) is 6.12. The summed E-state index contributed by atoms with van der Waals surface area (Å²) in [5.74, 6) is -0.349. The zero-order chi connectivity index (χ0) is 24.0. The number of nitro benzene ring substituents is 1. The number of aliphatic hydroxyl groups is 1. The Morgan fingerprint density at radius 2 is 1.76 bits per heavy atom. The number of aryl methyl sites for hydroxylation is 1. The highest BCUT2D eigenvalue weighted by molar-refractivity contribution is 5.84. The molecule has 0 saturated heterocycles. The molecule has 1 unspecified atom stereocenters. The van der Waals surface area contributed by atoms with Crippen molar-refractivity contribution in [3.63, 3.8) is 0 Å². The SMILES string of the molecule is Cc1cc2cc([N+](=O)[O-])ccc2n1CC(O)(CF)c1ccc2c(cnn2-c2ccc(F)cc2)c1. The first-order valence-electron chi connectivity index (χ1n) is 10.6. The molecule has 0 amide bonds. The molecular weight excluding hydrogens is 442 g/mol. The van der Waals surface area contributed by atoms with Gasteiger partial charge in [0.25, 0.3) is 5.69 Å². The Hall–Kier alpha value is -4.11. The maximum absolute atomic E-state index is 14.3. The van der Waals surface area contributed by atoms with Gasteiger partial charge in [-0.1, -0.05) is 6.07 Å². The number of nitro groups is 1. The Kier molecular flexibility index (Phi) is 5.13. The number of non-ortho nitro benzene ring substituents is 1. The van der Waals surface area contributed by atoms with E-state index in [2.05, 4.69) is 5.10 Å². The van der Waals surface area contributed by atoms with Crippen LogP contribution in [-0.2, 0) is 12.1 Å². The van der Waals surface area contributed by atoms with E-state index in [0.717, 1.165) is 11.2 Å². The van der Waals surface area contributed by atoms with Crippen molar-refractivity contribution in [3.8, 4) is 5.69 Å². The predicted molar refractivity (Wildman–Crippen MR) is 124 cm³/mol. The van der Waals surface area contributed by atoms with Gasteiger partial charge in [-0.3, -0.25) is 10.1 Å². The van der Waals surface area contributed by atoms with Gasteiger partial charge in [0.2, 0.25) is 0 Å². The highest BCUT2D eigenvalue weighted by atomic mass is 19.1. The summed E-state index contributed by atoms with van der Waals surface area (Å²) in [5, 5.41) is 28.1. The summed E-state index contributed by atoms with van der Waals surface area (Å²) in [6, 6.07) is 17.2. The van der Waals surface area contributed by atoms with E-state index in [1.807, 2.05) is 0 Å². The number of alkyl halides is 1. The van der Waals surface area contributed by atoms with Crippen molar-refractivity contribution in [1.82, 2.24) is 14.3 Å². The minimum atomic E-state index is -1.83. The fourth-order valence-electron chi connectivity index (χ4n) is 4.30. The number of rotatable bonds is 6. The summed E-state index contributed by atoms with van der Waals surface area (Å²) in [6.07, 6.45) is 1.61. The summed E-state index contributed by atoms with van der Waals surface area (Å²) in [7, 11) is 0. The minimum absolute atomic E-state index is 0.0333. The molecule has 1 atom stereocenters. The molecule has 0 bridgehead atoms. The number of aromatic nitrogens is 3. The van der Waals surface area contributed by atoms with E-state index >= 15 is 0 Å². The van der Waals surface area contributed by atoms with E-state index in [9.17, 15) is 24.0 Å². The largest absolute Gasteiger partial charge is 0.381 e. The summed E-state index contributed by atoms with van der Waals surface area (Å²) >= 11 is 0. The third kappa shape index (κ3) is 3.60. The first kappa shape index (κ1) is 21.7. The van der Waals surface area contributed by atoms with Crippen molar-refractivity contribution in [2.24, 2.45) is 0 Å². The molecule has 0 fully saturated rings. The summed E-state index contributed by atoms with van der Waals surface area (Å²) in [4.78, 5) is 10.6. The zero-order valence-electron chi connectivity index (χ0n) is 18.2. The van der Waals surface area contributed by atoms with Crippen molar-refractivity contribution in [2.45, 2.75) is 19.1 Å². The van der Waals surface area contributed by atoms with Crippen molar-refractivity contribution < 1.29 is 18.8 Å². The second-order valence-electron chi connectivity index (χ2n) is 8.34. The lowest BCUT2D eigenvalue weighted by Gasteiger charge is -2.27. The van der Waals surface area contributed by atoms with Gasteiger partial charge in [-0.2, -0.15) is 5.10 Å². The van der Waals surface area contributed by atoms with Gasteiger partial charge in [-0.05, 0) is 61.0 Å². The molecule has 0 radical (unpaired) electrons. The van der Waals surface area contributed by atoms with Crippen LogP contribution in [0.25, 0.3) is 27.5 Å². The second-order valence-corrected chi connectivity index (χ2v) is 8.34. The highest BCUT2D eigenvalue weighted by Gasteiger charge is 2.32. The van der Waals surface area contributed by atoms with E-state index in [0.29, 0.717) is 27.5 Å². The highest BCUT2D eigenvalue weighted by Crippen LogP contribution is 2.32. The predicted octanol–water partition coefficient (Wildman–Crippen LogP) is 5.19. The lowest BCUT2D eigenvalue weighted by atomic mass is 9.93. The summed E-state index contributed by atoms with van der Waals surface area (Å²) in [6.45, 7) is 0.700. The van der Waals surface area contributed by atoms with Crippen molar-refractivity contribution >= 4 is 27.5 Å². The molecule has 2 heterocycles. The van der Waals surface area contributed by atoms with Crippen molar-refractivity contribution in [3.05, 3.63) is 100 Å². The maximum atomic E-state index is 14.3. The number of fused-ring (bicyclic) bond motifs is 2. The summed E-state index contributed by atoms with van der Waals surface area (Å²) in [5.41, 5.74) is 1.33. The van der Waals surface area contributed by atoms with E-state index in [1.54, 1.807) is 64.8 Å². The summed E-state index contributed by atoms with van der Waals surface area (Å²) < 4.78 is 31.0. The van der Waals surface area contributed by atoms with E-state index in [1.165, 1.54) is 24.3 Å². The van der Waals surface area contributed by atoms with Gasteiger partial charge in [0.1, 0.15) is 18.1 Å². The standard InChI is InChI=1S/C25H20F2N4O3/c1-16-10-17-12-22(31(33)34)7-9-23(17)29(16)15-25(32,14-26)19-2-8-24-18(11-19)13-28-30(24)21-5-3-20(27)4-6-21/h2-13,32H,14-15H2,1H3. The smallest absolute Gasteiger partial charge is 0.270 e. The first-order chi connectivity index (χ1) is 16.3. The third-order valence-corrected chi connectivity index (χ3v) is 6.12. The molecule has 172 valence electrons. The fraction of sp³-hybridized carbons (Fsp3) is 0.160. The molecule has 0 saturated carbocycles.